The van der Waals surface area contributed by atoms with Gasteiger partial charge in [-0.3, -0.25) is 0 Å². The molecule has 0 saturated carbocycles. The second kappa shape index (κ2) is 5.03. The fourth-order valence-electron chi connectivity index (χ4n) is 2.23. The predicted octanol–water partition coefficient (Wildman–Crippen LogP) is 2.44. The number of thiophene rings is 1. The summed E-state index contributed by atoms with van der Waals surface area (Å²) in [6, 6.07) is 0. The maximum absolute atomic E-state index is 5.68. The summed E-state index contributed by atoms with van der Waals surface area (Å²) in [5.41, 5.74) is 1.25. The summed E-state index contributed by atoms with van der Waals surface area (Å²) < 4.78 is 11.1. The molecule has 1 aliphatic heterocycles. The fraction of sp³-hybridized carbons (Fsp3) is 0.538. The Morgan fingerprint density at radius 3 is 2.79 bits per heavy atom. The molecule has 1 atom stereocenters. The minimum atomic E-state index is -0.159. The smallest absolute Gasteiger partial charge is 0.163 e. The van der Waals surface area contributed by atoms with Crippen molar-refractivity contribution in [3.8, 4) is 0 Å². The van der Waals surface area contributed by atoms with E-state index in [1.165, 1.54) is 10.4 Å². The Bertz CT molecular complexity index is 605. The molecule has 0 aromatic carbocycles. The molecule has 0 spiro atoms. The first-order valence-corrected chi connectivity index (χ1v) is 7.17. The average molecular weight is 279 g/mol. The number of nitrogens with zero attached hydrogens (tertiary/aromatic N) is 2. The van der Waals surface area contributed by atoms with Gasteiger partial charge in [-0.05, 0) is 19.4 Å². The van der Waals surface area contributed by atoms with Crippen LogP contribution in [0.3, 0.4) is 0 Å². The van der Waals surface area contributed by atoms with Gasteiger partial charge in [-0.15, -0.1) is 11.3 Å². The lowest BCUT2D eigenvalue weighted by atomic mass is 10.2. The second-order valence-corrected chi connectivity index (χ2v) is 5.78. The summed E-state index contributed by atoms with van der Waals surface area (Å²) in [7, 11) is 1.89. The van der Waals surface area contributed by atoms with E-state index in [0.29, 0.717) is 25.6 Å². The highest BCUT2D eigenvalue weighted by Gasteiger charge is 2.22. The molecule has 6 heteroatoms. The predicted molar refractivity (Wildman–Crippen MR) is 75.9 cm³/mol. The van der Waals surface area contributed by atoms with Gasteiger partial charge in [-0.2, -0.15) is 0 Å². The first-order chi connectivity index (χ1) is 9.20. The highest BCUT2D eigenvalue weighted by Crippen LogP contribution is 2.34. The monoisotopic (exact) mass is 279 g/mol. The lowest BCUT2D eigenvalue weighted by Crippen LogP contribution is -2.23. The van der Waals surface area contributed by atoms with Crippen molar-refractivity contribution < 1.29 is 9.47 Å². The molecule has 0 bridgehead atoms. The van der Waals surface area contributed by atoms with Crippen molar-refractivity contribution in [3.05, 3.63) is 16.3 Å². The Morgan fingerprint density at radius 1 is 1.26 bits per heavy atom. The molecule has 0 radical (unpaired) electrons. The minimum absolute atomic E-state index is 0.159. The molecule has 0 amide bonds. The van der Waals surface area contributed by atoms with Gasteiger partial charge in [0, 0.05) is 11.9 Å². The van der Waals surface area contributed by atoms with Gasteiger partial charge in [0.1, 0.15) is 16.8 Å². The molecule has 102 valence electrons. The number of hydrogen-bond acceptors (Lipinski definition) is 6. The molecule has 1 saturated heterocycles. The molecular formula is C13H17N3O2S. The molecule has 1 fully saturated rings. The molecule has 3 heterocycles. The van der Waals surface area contributed by atoms with E-state index < -0.39 is 0 Å². The lowest BCUT2D eigenvalue weighted by molar-refractivity contribution is -0.0933. The molecule has 2 aromatic rings. The van der Waals surface area contributed by atoms with E-state index in [9.17, 15) is 0 Å². The van der Waals surface area contributed by atoms with E-state index in [-0.39, 0.29) is 6.10 Å². The van der Waals surface area contributed by atoms with E-state index in [4.69, 9.17) is 9.47 Å². The number of rotatable bonds is 2. The Hall–Kier alpha value is -1.24. The maximum Gasteiger partial charge on any atom is 0.163 e. The van der Waals surface area contributed by atoms with Crippen molar-refractivity contribution in [1.82, 2.24) is 9.97 Å². The van der Waals surface area contributed by atoms with Crippen molar-refractivity contribution in [2.75, 3.05) is 32.2 Å². The molecule has 1 unspecified atom stereocenters. The number of hydrogen-bond donors (Lipinski definition) is 1. The van der Waals surface area contributed by atoms with E-state index in [1.807, 2.05) is 7.05 Å². The van der Waals surface area contributed by atoms with Gasteiger partial charge in [0.05, 0.1) is 25.2 Å². The third-order valence-electron chi connectivity index (χ3n) is 3.39. The Kier molecular flexibility index (Phi) is 3.38. The van der Waals surface area contributed by atoms with Crippen molar-refractivity contribution in [1.29, 1.82) is 0 Å². The SMILES string of the molecule is CNc1nc(C2COCCO2)nc2sc(C)c(C)c12. The quantitative estimate of drug-likeness (QED) is 0.915. The van der Waals surface area contributed by atoms with Crippen LogP contribution in [0, 0.1) is 13.8 Å². The number of fused-ring (bicyclic) bond motifs is 1. The Labute approximate surface area is 116 Å². The van der Waals surface area contributed by atoms with Crippen LogP contribution in [0.15, 0.2) is 0 Å². The molecule has 5 nitrogen and oxygen atoms in total. The number of ether oxygens (including phenoxy) is 2. The zero-order valence-electron chi connectivity index (χ0n) is 11.3. The zero-order chi connectivity index (χ0) is 13.4. The first-order valence-electron chi connectivity index (χ1n) is 6.35. The van der Waals surface area contributed by atoms with Crippen LogP contribution in [0.2, 0.25) is 0 Å². The van der Waals surface area contributed by atoms with Crippen LogP contribution in [0.25, 0.3) is 10.2 Å². The van der Waals surface area contributed by atoms with Gasteiger partial charge in [-0.1, -0.05) is 0 Å². The van der Waals surface area contributed by atoms with Crippen LogP contribution in [-0.4, -0.2) is 36.8 Å². The number of nitrogens with one attached hydrogen (secondary N) is 1. The van der Waals surface area contributed by atoms with E-state index in [2.05, 4.69) is 29.1 Å². The largest absolute Gasteiger partial charge is 0.376 e. The maximum atomic E-state index is 5.68. The highest BCUT2D eigenvalue weighted by atomic mass is 32.1. The number of aromatic nitrogens is 2. The third kappa shape index (κ3) is 2.20. The normalized spacial score (nSPS) is 19.8. The van der Waals surface area contributed by atoms with Crippen LogP contribution in [0.1, 0.15) is 22.4 Å². The molecular weight excluding hydrogens is 262 g/mol. The first kappa shape index (κ1) is 12.8. The topological polar surface area (TPSA) is 56.3 Å². The summed E-state index contributed by atoms with van der Waals surface area (Å²) in [5, 5.41) is 4.28. The Balaban J connectivity index is 2.11. The summed E-state index contributed by atoms with van der Waals surface area (Å²) >= 11 is 1.70. The van der Waals surface area contributed by atoms with Crippen molar-refractivity contribution >= 4 is 27.4 Å². The third-order valence-corrected chi connectivity index (χ3v) is 4.49. The summed E-state index contributed by atoms with van der Waals surface area (Å²) in [6.45, 7) is 6.00. The van der Waals surface area contributed by atoms with Gasteiger partial charge < -0.3 is 14.8 Å². The van der Waals surface area contributed by atoms with Crippen LogP contribution < -0.4 is 5.32 Å². The average Bonchev–Trinajstić information content (AvgIpc) is 2.74. The molecule has 1 aliphatic rings. The second-order valence-electron chi connectivity index (χ2n) is 4.58. The summed E-state index contributed by atoms with van der Waals surface area (Å²) in [4.78, 5) is 11.5. The van der Waals surface area contributed by atoms with Gasteiger partial charge in [0.2, 0.25) is 0 Å². The zero-order valence-corrected chi connectivity index (χ0v) is 12.1. The van der Waals surface area contributed by atoms with Crippen molar-refractivity contribution in [2.24, 2.45) is 0 Å². The van der Waals surface area contributed by atoms with Crippen LogP contribution >= 0.6 is 11.3 Å². The van der Waals surface area contributed by atoms with Gasteiger partial charge in [-0.25, -0.2) is 9.97 Å². The van der Waals surface area contributed by atoms with Gasteiger partial charge >= 0.3 is 0 Å². The molecule has 1 N–H and O–H groups in total. The van der Waals surface area contributed by atoms with Gasteiger partial charge in [0.15, 0.2) is 5.82 Å². The van der Waals surface area contributed by atoms with Gasteiger partial charge in [0.25, 0.3) is 0 Å². The molecule has 19 heavy (non-hydrogen) atoms. The molecule has 3 rings (SSSR count). The van der Waals surface area contributed by atoms with Crippen LogP contribution in [-0.2, 0) is 9.47 Å². The van der Waals surface area contributed by atoms with Crippen LogP contribution in [0.5, 0.6) is 0 Å². The standard InChI is InChI=1S/C13H17N3O2S/c1-7-8(2)19-13-10(7)12(14-3)15-11(16-13)9-6-17-4-5-18-9/h9H,4-6H2,1-3H3,(H,14,15,16). The van der Waals surface area contributed by atoms with Crippen LogP contribution in [0.4, 0.5) is 5.82 Å². The molecule has 0 aliphatic carbocycles. The van der Waals surface area contributed by atoms with E-state index >= 15 is 0 Å². The Morgan fingerprint density at radius 2 is 2.11 bits per heavy atom. The number of aryl methyl sites for hydroxylation is 2. The molecule has 2 aromatic heterocycles. The van der Waals surface area contributed by atoms with E-state index in [0.717, 1.165) is 16.0 Å². The minimum Gasteiger partial charge on any atom is -0.376 e. The summed E-state index contributed by atoms with van der Waals surface area (Å²) in [5.74, 6) is 1.58. The lowest BCUT2D eigenvalue weighted by Gasteiger charge is -2.22. The van der Waals surface area contributed by atoms with Crippen molar-refractivity contribution in [3.63, 3.8) is 0 Å². The number of anilines is 1. The fourth-order valence-corrected chi connectivity index (χ4v) is 3.26. The van der Waals surface area contributed by atoms with E-state index in [1.54, 1.807) is 11.3 Å². The highest BCUT2D eigenvalue weighted by molar-refractivity contribution is 7.18. The van der Waals surface area contributed by atoms with Crippen molar-refractivity contribution in [2.45, 2.75) is 20.0 Å². The summed E-state index contributed by atoms with van der Waals surface area (Å²) in [6.07, 6.45) is -0.159.